The van der Waals surface area contributed by atoms with E-state index in [2.05, 4.69) is 22.0 Å². The molecule has 0 N–H and O–H groups in total. The van der Waals surface area contributed by atoms with Crippen molar-refractivity contribution in [2.24, 2.45) is 0 Å². The SMILES string of the molecule is CCCn1ncnc1CC(=O)c1cc(C)ccn1. The Balaban J connectivity index is 2.14. The molecule has 0 fully saturated rings. The zero-order valence-electron chi connectivity index (χ0n) is 10.6. The summed E-state index contributed by atoms with van der Waals surface area (Å²) in [6, 6.07) is 3.67. The first-order chi connectivity index (χ1) is 8.70. The number of Topliss-reactive ketones (excluding diaryl/α,β-unsaturated/α-hetero) is 1. The van der Waals surface area contributed by atoms with Crippen molar-refractivity contribution >= 4 is 5.78 Å². The lowest BCUT2D eigenvalue weighted by Gasteiger charge is -2.04. The average molecular weight is 244 g/mol. The van der Waals surface area contributed by atoms with Gasteiger partial charge in [0.2, 0.25) is 0 Å². The van der Waals surface area contributed by atoms with Crippen LogP contribution in [0.2, 0.25) is 0 Å². The fourth-order valence-electron chi connectivity index (χ4n) is 1.75. The Morgan fingerprint density at radius 3 is 2.94 bits per heavy atom. The molecule has 0 radical (unpaired) electrons. The van der Waals surface area contributed by atoms with Crippen LogP contribution in [-0.2, 0) is 13.0 Å². The summed E-state index contributed by atoms with van der Waals surface area (Å²) in [6.07, 6.45) is 4.35. The molecule has 2 aromatic rings. The molecule has 5 nitrogen and oxygen atoms in total. The van der Waals surface area contributed by atoms with Crippen LogP contribution in [0.15, 0.2) is 24.7 Å². The van der Waals surface area contributed by atoms with Gasteiger partial charge in [-0.1, -0.05) is 6.92 Å². The Labute approximate surface area is 106 Å². The zero-order valence-corrected chi connectivity index (χ0v) is 10.6. The van der Waals surface area contributed by atoms with Gasteiger partial charge < -0.3 is 0 Å². The Bertz CT molecular complexity index is 547. The molecule has 0 atom stereocenters. The lowest BCUT2D eigenvalue weighted by molar-refractivity contribution is 0.0984. The van der Waals surface area contributed by atoms with E-state index in [0.29, 0.717) is 11.5 Å². The Morgan fingerprint density at radius 2 is 2.22 bits per heavy atom. The Kier molecular flexibility index (Phi) is 3.82. The molecular formula is C13H16N4O. The highest BCUT2D eigenvalue weighted by Gasteiger charge is 2.13. The third-order valence-corrected chi connectivity index (χ3v) is 2.65. The second-order valence-electron chi connectivity index (χ2n) is 4.22. The van der Waals surface area contributed by atoms with Crippen LogP contribution in [0.3, 0.4) is 0 Å². The van der Waals surface area contributed by atoms with Gasteiger partial charge in [-0.25, -0.2) is 9.67 Å². The molecule has 5 heteroatoms. The van der Waals surface area contributed by atoms with Crippen molar-refractivity contribution in [3.05, 3.63) is 41.7 Å². The van der Waals surface area contributed by atoms with Crippen LogP contribution in [0, 0.1) is 6.92 Å². The van der Waals surface area contributed by atoms with Crippen molar-refractivity contribution in [2.75, 3.05) is 0 Å². The summed E-state index contributed by atoms with van der Waals surface area (Å²) in [5, 5.41) is 4.10. The summed E-state index contributed by atoms with van der Waals surface area (Å²) >= 11 is 0. The summed E-state index contributed by atoms with van der Waals surface area (Å²) in [5.74, 6) is 0.675. The molecule has 0 unspecified atom stereocenters. The van der Waals surface area contributed by atoms with E-state index in [0.717, 1.165) is 18.5 Å². The van der Waals surface area contributed by atoms with Gasteiger partial charge in [0.15, 0.2) is 5.78 Å². The number of ketones is 1. The predicted molar refractivity (Wildman–Crippen MR) is 67.3 cm³/mol. The average Bonchev–Trinajstić information content (AvgIpc) is 2.77. The van der Waals surface area contributed by atoms with E-state index in [-0.39, 0.29) is 12.2 Å². The van der Waals surface area contributed by atoms with E-state index in [4.69, 9.17) is 0 Å². The Morgan fingerprint density at radius 1 is 1.39 bits per heavy atom. The van der Waals surface area contributed by atoms with E-state index < -0.39 is 0 Å². The Hall–Kier alpha value is -2.04. The van der Waals surface area contributed by atoms with Crippen molar-refractivity contribution in [1.29, 1.82) is 0 Å². The maximum Gasteiger partial charge on any atom is 0.188 e. The van der Waals surface area contributed by atoms with Gasteiger partial charge in [0.25, 0.3) is 0 Å². The van der Waals surface area contributed by atoms with E-state index in [1.807, 2.05) is 13.0 Å². The van der Waals surface area contributed by atoms with Gasteiger partial charge in [-0.15, -0.1) is 0 Å². The van der Waals surface area contributed by atoms with Crippen LogP contribution >= 0.6 is 0 Å². The highest BCUT2D eigenvalue weighted by Crippen LogP contribution is 2.05. The second kappa shape index (κ2) is 5.53. The first-order valence-electron chi connectivity index (χ1n) is 6.03. The molecule has 0 bridgehead atoms. The maximum absolute atomic E-state index is 12.1. The minimum absolute atomic E-state index is 0.0240. The number of nitrogens with zero attached hydrogens (tertiary/aromatic N) is 4. The first kappa shape index (κ1) is 12.4. The highest BCUT2D eigenvalue weighted by atomic mass is 16.1. The summed E-state index contributed by atoms with van der Waals surface area (Å²) in [7, 11) is 0. The number of aryl methyl sites for hydroxylation is 2. The third-order valence-electron chi connectivity index (χ3n) is 2.65. The first-order valence-corrected chi connectivity index (χ1v) is 6.03. The fourth-order valence-corrected chi connectivity index (χ4v) is 1.75. The molecule has 0 aliphatic carbocycles. The van der Waals surface area contributed by atoms with Crippen LogP contribution < -0.4 is 0 Å². The van der Waals surface area contributed by atoms with Crippen molar-refractivity contribution in [2.45, 2.75) is 33.2 Å². The number of hydrogen-bond acceptors (Lipinski definition) is 4. The lowest BCUT2D eigenvalue weighted by Crippen LogP contribution is -2.12. The van der Waals surface area contributed by atoms with Gasteiger partial charge in [-0.05, 0) is 31.0 Å². The summed E-state index contributed by atoms with van der Waals surface area (Å²) < 4.78 is 1.77. The molecule has 0 aromatic carbocycles. The van der Waals surface area contributed by atoms with Crippen molar-refractivity contribution in [3.8, 4) is 0 Å². The zero-order chi connectivity index (χ0) is 13.0. The highest BCUT2D eigenvalue weighted by molar-refractivity contribution is 5.95. The van der Waals surface area contributed by atoms with Gasteiger partial charge in [0.1, 0.15) is 17.8 Å². The molecule has 0 saturated carbocycles. The number of hydrogen-bond donors (Lipinski definition) is 0. The normalized spacial score (nSPS) is 10.6. The molecule has 0 saturated heterocycles. The molecule has 0 aliphatic rings. The van der Waals surface area contributed by atoms with Gasteiger partial charge in [0.05, 0.1) is 6.42 Å². The fraction of sp³-hybridized carbons (Fsp3) is 0.385. The number of rotatable bonds is 5. The van der Waals surface area contributed by atoms with Crippen LogP contribution in [0.1, 0.15) is 35.2 Å². The minimum Gasteiger partial charge on any atom is -0.292 e. The molecule has 2 rings (SSSR count). The van der Waals surface area contributed by atoms with Gasteiger partial charge >= 0.3 is 0 Å². The van der Waals surface area contributed by atoms with E-state index >= 15 is 0 Å². The van der Waals surface area contributed by atoms with Gasteiger partial charge in [-0.3, -0.25) is 9.78 Å². The summed E-state index contributed by atoms with van der Waals surface area (Å²) in [6.45, 7) is 4.79. The third kappa shape index (κ3) is 2.80. The van der Waals surface area contributed by atoms with Crippen LogP contribution in [-0.4, -0.2) is 25.5 Å². The van der Waals surface area contributed by atoms with Crippen molar-refractivity contribution < 1.29 is 4.79 Å². The monoisotopic (exact) mass is 244 g/mol. The molecule has 0 amide bonds. The van der Waals surface area contributed by atoms with Gasteiger partial charge in [-0.2, -0.15) is 5.10 Å². The molecular weight excluding hydrogens is 228 g/mol. The van der Waals surface area contributed by atoms with Crippen LogP contribution in [0.5, 0.6) is 0 Å². The molecule has 18 heavy (non-hydrogen) atoms. The van der Waals surface area contributed by atoms with E-state index in [1.54, 1.807) is 16.9 Å². The van der Waals surface area contributed by atoms with Crippen LogP contribution in [0.4, 0.5) is 0 Å². The van der Waals surface area contributed by atoms with E-state index in [9.17, 15) is 4.79 Å². The summed E-state index contributed by atoms with van der Waals surface area (Å²) in [5.41, 5.74) is 1.52. The smallest absolute Gasteiger partial charge is 0.188 e. The topological polar surface area (TPSA) is 60.7 Å². The summed E-state index contributed by atoms with van der Waals surface area (Å²) in [4.78, 5) is 20.3. The number of aromatic nitrogens is 4. The number of carbonyl (C=O) groups excluding carboxylic acids is 1. The quantitative estimate of drug-likeness (QED) is 0.753. The molecule has 0 spiro atoms. The molecule has 94 valence electrons. The van der Waals surface area contributed by atoms with Crippen molar-refractivity contribution in [1.82, 2.24) is 19.7 Å². The largest absolute Gasteiger partial charge is 0.292 e. The van der Waals surface area contributed by atoms with E-state index in [1.165, 1.54) is 6.33 Å². The molecule has 2 heterocycles. The molecule has 0 aliphatic heterocycles. The minimum atomic E-state index is -0.0240. The predicted octanol–water partition coefficient (Wildman–Crippen LogP) is 1.82. The standard InChI is InChI=1S/C13H16N4O/c1-3-6-17-13(15-9-16-17)8-12(18)11-7-10(2)4-5-14-11/h4-5,7,9H,3,6,8H2,1-2H3. The lowest BCUT2D eigenvalue weighted by atomic mass is 10.1. The van der Waals surface area contributed by atoms with Crippen LogP contribution in [0.25, 0.3) is 0 Å². The maximum atomic E-state index is 12.1. The molecule has 2 aromatic heterocycles. The van der Waals surface area contributed by atoms with Gasteiger partial charge in [0, 0.05) is 12.7 Å². The number of pyridine rings is 1. The number of carbonyl (C=O) groups is 1. The van der Waals surface area contributed by atoms with Crippen molar-refractivity contribution in [3.63, 3.8) is 0 Å². The second-order valence-corrected chi connectivity index (χ2v) is 4.22.